The van der Waals surface area contributed by atoms with E-state index in [-0.39, 0.29) is 10.8 Å². The normalized spacial score (nSPS) is 15.2. The second kappa shape index (κ2) is 9.59. The van der Waals surface area contributed by atoms with E-state index in [0.717, 1.165) is 43.0 Å². The molecule has 1 heterocycles. The summed E-state index contributed by atoms with van der Waals surface area (Å²) in [5, 5.41) is 2.96. The van der Waals surface area contributed by atoms with Gasteiger partial charge in [-0.25, -0.2) is 13.1 Å². The molecule has 1 amide bonds. The van der Waals surface area contributed by atoms with E-state index in [9.17, 15) is 13.2 Å². The van der Waals surface area contributed by atoms with Gasteiger partial charge in [-0.3, -0.25) is 4.79 Å². The molecule has 3 rings (SSSR count). The van der Waals surface area contributed by atoms with E-state index in [1.165, 1.54) is 12.1 Å². The van der Waals surface area contributed by atoms with Gasteiger partial charge in [0.15, 0.2) is 0 Å². The van der Waals surface area contributed by atoms with E-state index in [1.54, 1.807) is 19.9 Å². The molecule has 0 radical (unpaired) electrons. The molecule has 0 saturated carbocycles. The Hall–Kier alpha value is -2.42. The van der Waals surface area contributed by atoms with Crippen molar-refractivity contribution in [2.75, 3.05) is 44.7 Å². The van der Waals surface area contributed by atoms with Crippen LogP contribution >= 0.6 is 0 Å². The lowest BCUT2D eigenvalue weighted by atomic mass is 10.1. The molecule has 8 heteroatoms. The van der Waals surface area contributed by atoms with Crippen LogP contribution in [0, 0.1) is 6.92 Å². The van der Waals surface area contributed by atoms with Crippen molar-refractivity contribution in [3.05, 3.63) is 59.2 Å². The maximum absolute atomic E-state index is 12.9. The highest BCUT2D eigenvalue weighted by molar-refractivity contribution is 7.89. The quantitative estimate of drug-likeness (QED) is 0.702. The number of nitrogens with zero attached hydrogens (tertiary/aromatic N) is 2. The predicted molar refractivity (Wildman–Crippen MR) is 119 cm³/mol. The third-order valence-corrected chi connectivity index (χ3v) is 6.92. The summed E-state index contributed by atoms with van der Waals surface area (Å²) in [6.45, 7) is 8.11. The molecule has 0 aromatic heterocycles. The molecule has 2 aromatic rings. The lowest BCUT2D eigenvalue weighted by molar-refractivity contribution is 0.0950. The van der Waals surface area contributed by atoms with Crippen LogP contribution in [-0.4, -0.2) is 59.0 Å². The van der Waals surface area contributed by atoms with Crippen LogP contribution < -0.4 is 14.9 Å². The number of likely N-dealkylation sites (N-methyl/N-ethyl adjacent to an activating group) is 1. The fourth-order valence-corrected chi connectivity index (χ4v) is 4.64. The summed E-state index contributed by atoms with van der Waals surface area (Å²) >= 11 is 0. The molecule has 1 saturated heterocycles. The summed E-state index contributed by atoms with van der Waals surface area (Å²) < 4.78 is 27.0. The van der Waals surface area contributed by atoms with Crippen LogP contribution in [0.15, 0.2) is 47.4 Å². The molecule has 1 fully saturated rings. The maximum atomic E-state index is 12.9. The zero-order valence-electron chi connectivity index (χ0n) is 17.8. The lowest BCUT2D eigenvalue weighted by Gasteiger charge is -2.35. The standard InChI is InChI=1S/C22H30N4O3S/c1-4-24-30(28,29)19-10-9-17(2)20(15-19)22(27)23-16-18-7-5-6-8-21(18)26-13-11-25(3)12-14-26/h5-10,15,24H,4,11-14,16H2,1-3H3,(H,23,27). The highest BCUT2D eigenvalue weighted by Crippen LogP contribution is 2.22. The van der Waals surface area contributed by atoms with Crippen LogP contribution in [0.2, 0.25) is 0 Å². The number of nitrogens with one attached hydrogen (secondary N) is 2. The molecule has 0 unspecified atom stereocenters. The highest BCUT2D eigenvalue weighted by Gasteiger charge is 2.19. The van der Waals surface area contributed by atoms with E-state index >= 15 is 0 Å². The first-order valence-electron chi connectivity index (χ1n) is 10.2. The molecular weight excluding hydrogens is 400 g/mol. The van der Waals surface area contributed by atoms with Gasteiger partial charge in [0.2, 0.25) is 10.0 Å². The Kier molecular flexibility index (Phi) is 7.12. The molecule has 2 aromatic carbocycles. The number of para-hydroxylation sites is 1. The van der Waals surface area contributed by atoms with Crippen molar-refractivity contribution in [2.24, 2.45) is 0 Å². The van der Waals surface area contributed by atoms with E-state index in [0.29, 0.717) is 18.7 Å². The Morgan fingerprint density at radius 1 is 1.07 bits per heavy atom. The summed E-state index contributed by atoms with van der Waals surface area (Å²) in [6, 6.07) is 12.7. The van der Waals surface area contributed by atoms with Crippen molar-refractivity contribution in [3.8, 4) is 0 Å². The molecule has 0 atom stereocenters. The van der Waals surface area contributed by atoms with Gasteiger partial charge >= 0.3 is 0 Å². The van der Waals surface area contributed by atoms with Crippen LogP contribution in [-0.2, 0) is 16.6 Å². The first kappa shape index (κ1) is 22.3. The fourth-order valence-electron chi connectivity index (χ4n) is 3.57. The molecule has 1 aliphatic heterocycles. The minimum absolute atomic E-state index is 0.0953. The number of benzene rings is 2. The van der Waals surface area contributed by atoms with Gasteiger partial charge in [0.05, 0.1) is 4.90 Å². The second-order valence-corrected chi connectivity index (χ2v) is 9.35. The van der Waals surface area contributed by atoms with Gasteiger partial charge in [-0.05, 0) is 43.3 Å². The number of carbonyl (C=O) groups is 1. The lowest BCUT2D eigenvalue weighted by Crippen LogP contribution is -2.45. The SMILES string of the molecule is CCNS(=O)(=O)c1ccc(C)c(C(=O)NCc2ccccc2N2CCN(C)CC2)c1. The van der Waals surface area contributed by atoms with Crippen molar-refractivity contribution >= 4 is 21.6 Å². The van der Waals surface area contributed by atoms with Crippen LogP contribution in [0.25, 0.3) is 0 Å². The molecular formula is C22H30N4O3S. The van der Waals surface area contributed by atoms with Crippen LogP contribution in [0.4, 0.5) is 5.69 Å². The number of hydrogen-bond donors (Lipinski definition) is 2. The molecule has 0 aliphatic carbocycles. The Labute approximate surface area is 179 Å². The van der Waals surface area contributed by atoms with Gasteiger partial charge in [0.25, 0.3) is 5.91 Å². The van der Waals surface area contributed by atoms with Crippen LogP contribution in [0.3, 0.4) is 0 Å². The number of anilines is 1. The summed E-state index contributed by atoms with van der Waals surface area (Å²) in [5.41, 5.74) is 3.27. The first-order valence-corrected chi connectivity index (χ1v) is 11.7. The van der Waals surface area contributed by atoms with Crippen molar-refractivity contribution in [3.63, 3.8) is 0 Å². The average Bonchev–Trinajstić information content (AvgIpc) is 2.73. The Balaban J connectivity index is 1.75. The zero-order valence-corrected chi connectivity index (χ0v) is 18.6. The number of piperazine rings is 1. The molecule has 7 nitrogen and oxygen atoms in total. The largest absolute Gasteiger partial charge is 0.369 e. The van der Waals surface area contributed by atoms with Crippen molar-refractivity contribution in [1.29, 1.82) is 0 Å². The smallest absolute Gasteiger partial charge is 0.251 e. The molecule has 0 bridgehead atoms. The molecule has 30 heavy (non-hydrogen) atoms. The number of carbonyl (C=O) groups excluding carboxylic acids is 1. The number of hydrogen-bond acceptors (Lipinski definition) is 5. The van der Waals surface area contributed by atoms with Gasteiger partial charge in [-0.2, -0.15) is 0 Å². The average molecular weight is 431 g/mol. The van der Waals surface area contributed by atoms with Crippen molar-refractivity contribution < 1.29 is 13.2 Å². The van der Waals surface area contributed by atoms with Crippen molar-refractivity contribution in [1.82, 2.24) is 14.9 Å². The number of amides is 1. The zero-order chi connectivity index (χ0) is 21.7. The van der Waals surface area contributed by atoms with Gasteiger partial charge in [-0.15, -0.1) is 0 Å². The van der Waals surface area contributed by atoms with Gasteiger partial charge in [-0.1, -0.05) is 31.2 Å². The van der Waals surface area contributed by atoms with Gasteiger partial charge < -0.3 is 15.1 Å². The predicted octanol–water partition coefficient (Wildman–Crippen LogP) is 1.98. The first-order chi connectivity index (χ1) is 14.3. The summed E-state index contributed by atoms with van der Waals surface area (Å²) in [6.07, 6.45) is 0. The minimum atomic E-state index is -3.62. The number of sulfonamides is 1. The maximum Gasteiger partial charge on any atom is 0.251 e. The summed E-state index contributed by atoms with van der Waals surface area (Å²) in [5.74, 6) is -0.283. The highest BCUT2D eigenvalue weighted by atomic mass is 32.2. The van der Waals surface area contributed by atoms with Gasteiger partial charge in [0, 0.05) is 50.5 Å². The number of rotatable bonds is 7. The monoisotopic (exact) mass is 430 g/mol. The minimum Gasteiger partial charge on any atom is -0.369 e. The molecule has 162 valence electrons. The second-order valence-electron chi connectivity index (χ2n) is 7.58. The fraction of sp³-hybridized carbons (Fsp3) is 0.409. The van der Waals surface area contributed by atoms with E-state index in [2.05, 4.69) is 33.0 Å². The van der Waals surface area contributed by atoms with Crippen LogP contribution in [0.1, 0.15) is 28.4 Å². The Morgan fingerprint density at radius 3 is 2.47 bits per heavy atom. The summed E-state index contributed by atoms with van der Waals surface area (Å²) in [4.78, 5) is 17.6. The van der Waals surface area contributed by atoms with Crippen LogP contribution in [0.5, 0.6) is 0 Å². The number of aryl methyl sites for hydroxylation is 1. The Bertz CT molecular complexity index is 999. The topological polar surface area (TPSA) is 81.7 Å². The summed E-state index contributed by atoms with van der Waals surface area (Å²) in [7, 11) is -1.50. The molecule has 2 N–H and O–H groups in total. The van der Waals surface area contributed by atoms with E-state index in [1.807, 2.05) is 18.2 Å². The third kappa shape index (κ3) is 5.19. The van der Waals surface area contributed by atoms with Crippen molar-refractivity contribution in [2.45, 2.75) is 25.3 Å². The molecule has 0 spiro atoms. The van der Waals surface area contributed by atoms with E-state index < -0.39 is 10.0 Å². The third-order valence-electron chi connectivity index (χ3n) is 5.37. The van der Waals surface area contributed by atoms with E-state index in [4.69, 9.17) is 0 Å². The molecule has 1 aliphatic rings. The van der Waals surface area contributed by atoms with Gasteiger partial charge in [0.1, 0.15) is 0 Å². The Morgan fingerprint density at radius 2 is 1.77 bits per heavy atom.